The zero-order valence-electron chi connectivity index (χ0n) is 12.6. The number of carbonyl (C=O) groups excluding carboxylic acids is 1. The van der Waals surface area contributed by atoms with Gasteiger partial charge in [-0.25, -0.2) is 0 Å². The van der Waals surface area contributed by atoms with Gasteiger partial charge in [0.15, 0.2) is 5.82 Å². The normalized spacial score (nSPS) is 18.1. The fraction of sp³-hybridized carbons (Fsp3) is 0.467. The molecule has 1 amide bonds. The Bertz CT molecular complexity index is 665. The molecule has 1 unspecified atom stereocenters. The van der Waals surface area contributed by atoms with E-state index in [1.54, 1.807) is 0 Å². The highest BCUT2D eigenvalue weighted by atomic mass is 16.5. The third-order valence-corrected chi connectivity index (χ3v) is 3.92. The molecule has 2 aromatic rings. The maximum absolute atomic E-state index is 12.4. The molecule has 1 saturated heterocycles. The minimum absolute atomic E-state index is 0.0248. The van der Waals surface area contributed by atoms with Gasteiger partial charge in [0.05, 0.1) is 5.56 Å². The maximum Gasteiger partial charge on any atom is 0.253 e. The van der Waals surface area contributed by atoms with Gasteiger partial charge in [0.1, 0.15) is 5.76 Å². The summed E-state index contributed by atoms with van der Waals surface area (Å²) in [5.74, 6) is 1.44. The molecule has 6 nitrogen and oxygen atoms in total. The Kier molecular flexibility index (Phi) is 3.55. The van der Waals surface area contributed by atoms with E-state index < -0.39 is 0 Å². The molecule has 2 aromatic heterocycles. The van der Waals surface area contributed by atoms with E-state index >= 15 is 0 Å². The van der Waals surface area contributed by atoms with E-state index in [1.165, 1.54) is 0 Å². The summed E-state index contributed by atoms with van der Waals surface area (Å²) < 4.78 is 7.07. The Balaban J connectivity index is 1.88. The Morgan fingerprint density at radius 1 is 1.43 bits per heavy atom. The summed E-state index contributed by atoms with van der Waals surface area (Å²) in [4.78, 5) is 12.4. The third-order valence-electron chi connectivity index (χ3n) is 3.92. The lowest BCUT2D eigenvalue weighted by Crippen LogP contribution is -2.36. The highest BCUT2D eigenvalue weighted by molar-refractivity contribution is 5.96. The topological polar surface area (TPSA) is 72.1 Å². The SMILES string of the molecule is Cc1cc(-n2c(C)cc(C(=O)NC3CCNC3)c2C)no1. The Morgan fingerprint density at radius 2 is 2.24 bits per heavy atom. The van der Waals surface area contributed by atoms with E-state index in [1.807, 2.05) is 37.5 Å². The van der Waals surface area contributed by atoms with Crippen LogP contribution in [0.1, 0.15) is 33.9 Å². The highest BCUT2D eigenvalue weighted by Crippen LogP contribution is 2.20. The summed E-state index contributed by atoms with van der Waals surface area (Å²) >= 11 is 0. The lowest BCUT2D eigenvalue weighted by atomic mass is 10.2. The van der Waals surface area contributed by atoms with Gasteiger partial charge in [0, 0.05) is 30.0 Å². The van der Waals surface area contributed by atoms with Gasteiger partial charge >= 0.3 is 0 Å². The highest BCUT2D eigenvalue weighted by Gasteiger charge is 2.22. The molecule has 3 heterocycles. The van der Waals surface area contributed by atoms with Crippen LogP contribution in [0.4, 0.5) is 0 Å². The lowest BCUT2D eigenvalue weighted by molar-refractivity contribution is 0.0939. The standard InChI is InChI=1S/C15H20N4O2/c1-9-6-13(15(20)17-12-4-5-16-8-12)11(3)19(9)14-7-10(2)21-18-14/h6-7,12,16H,4-5,8H2,1-3H3,(H,17,20). The van der Waals surface area contributed by atoms with Crippen molar-refractivity contribution in [3.8, 4) is 5.82 Å². The number of hydrogen-bond donors (Lipinski definition) is 2. The van der Waals surface area contributed by atoms with Crippen molar-refractivity contribution in [1.82, 2.24) is 20.4 Å². The Labute approximate surface area is 123 Å². The molecule has 1 fully saturated rings. The first-order valence-corrected chi connectivity index (χ1v) is 7.20. The zero-order chi connectivity index (χ0) is 15.0. The Morgan fingerprint density at radius 3 is 2.86 bits per heavy atom. The number of aryl methyl sites for hydroxylation is 2. The monoisotopic (exact) mass is 288 g/mol. The number of carbonyl (C=O) groups is 1. The second kappa shape index (κ2) is 5.37. The summed E-state index contributed by atoms with van der Waals surface area (Å²) in [6, 6.07) is 3.98. The van der Waals surface area contributed by atoms with Crippen molar-refractivity contribution >= 4 is 5.91 Å². The summed E-state index contributed by atoms with van der Waals surface area (Å²) in [5, 5.41) is 10.4. The second-order valence-electron chi connectivity index (χ2n) is 5.58. The molecule has 3 rings (SSSR count). The summed E-state index contributed by atoms with van der Waals surface area (Å²) in [5.41, 5.74) is 2.54. The molecule has 0 aliphatic carbocycles. The van der Waals surface area contributed by atoms with Crippen LogP contribution in [0.5, 0.6) is 0 Å². The van der Waals surface area contributed by atoms with E-state index in [-0.39, 0.29) is 11.9 Å². The maximum atomic E-state index is 12.4. The quantitative estimate of drug-likeness (QED) is 0.897. The summed E-state index contributed by atoms with van der Waals surface area (Å²) in [6.07, 6.45) is 0.979. The van der Waals surface area contributed by atoms with Gasteiger partial charge in [-0.1, -0.05) is 5.16 Å². The van der Waals surface area contributed by atoms with Crippen molar-refractivity contribution in [2.75, 3.05) is 13.1 Å². The van der Waals surface area contributed by atoms with Crippen LogP contribution in [0, 0.1) is 20.8 Å². The second-order valence-corrected chi connectivity index (χ2v) is 5.58. The van der Waals surface area contributed by atoms with Gasteiger partial charge in [-0.05, 0) is 39.8 Å². The lowest BCUT2D eigenvalue weighted by Gasteiger charge is -2.11. The molecule has 0 saturated carbocycles. The van der Waals surface area contributed by atoms with Crippen LogP contribution in [0.3, 0.4) is 0 Å². The van der Waals surface area contributed by atoms with Gasteiger partial charge in [-0.3, -0.25) is 9.36 Å². The molecule has 1 atom stereocenters. The fourth-order valence-corrected chi connectivity index (χ4v) is 2.84. The molecule has 0 bridgehead atoms. The number of nitrogens with zero attached hydrogens (tertiary/aromatic N) is 2. The molecular weight excluding hydrogens is 268 g/mol. The molecule has 0 aromatic carbocycles. The zero-order valence-corrected chi connectivity index (χ0v) is 12.6. The number of rotatable bonds is 3. The molecule has 1 aliphatic rings. The first kappa shape index (κ1) is 13.9. The molecule has 0 spiro atoms. The largest absolute Gasteiger partial charge is 0.360 e. The minimum atomic E-state index is -0.0248. The van der Waals surface area contributed by atoms with Gasteiger partial charge in [0.25, 0.3) is 5.91 Å². The molecule has 6 heteroatoms. The fourth-order valence-electron chi connectivity index (χ4n) is 2.84. The molecular formula is C15H20N4O2. The molecule has 1 aliphatic heterocycles. The van der Waals surface area contributed by atoms with E-state index in [9.17, 15) is 4.79 Å². The van der Waals surface area contributed by atoms with Crippen molar-refractivity contribution in [2.45, 2.75) is 33.2 Å². The van der Waals surface area contributed by atoms with Crippen LogP contribution >= 0.6 is 0 Å². The van der Waals surface area contributed by atoms with Gasteiger partial charge in [0.2, 0.25) is 0 Å². The number of aromatic nitrogens is 2. The van der Waals surface area contributed by atoms with Crippen LogP contribution in [0.25, 0.3) is 5.82 Å². The number of nitrogens with one attached hydrogen (secondary N) is 2. The molecule has 2 N–H and O–H groups in total. The predicted octanol–water partition coefficient (Wildman–Crippen LogP) is 1.48. The minimum Gasteiger partial charge on any atom is -0.360 e. The average Bonchev–Trinajstić information content (AvgIpc) is 3.12. The number of hydrogen-bond acceptors (Lipinski definition) is 4. The van der Waals surface area contributed by atoms with E-state index in [0.29, 0.717) is 11.4 Å². The van der Waals surface area contributed by atoms with Crippen molar-refractivity contribution in [1.29, 1.82) is 0 Å². The van der Waals surface area contributed by atoms with E-state index in [0.717, 1.165) is 36.7 Å². The first-order valence-electron chi connectivity index (χ1n) is 7.20. The van der Waals surface area contributed by atoms with Crippen molar-refractivity contribution in [2.24, 2.45) is 0 Å². The summed E-state index contributed by atoms with van der Waals surface area (Å²) in [7, 11) is 0. The first-order chi connectivity index (χ1) is 10.1. The van der Waals surface area contributed by atoms with Crippen LogP contribution in [-0.4, -0.2) is 34.8 Å². The van der Waals surface area contributed by atoms with Gasteiger partial charge in [-0.2, -0.15) is 0 Å². The smallest absolute Gasteiger partial charge is 0.253 e. The van der Waals surface area contributed by atoms with Gasteiger partial charge in [-0.15, -0.1) is 0 Å². The van der Waals surface area contributed by atoms with Crippen molar-refractivity contribution in [3.63, 3.8) is 0 Å². The molecule has 21 heavy (non-hydrogen) atoms. The number of amides is 1. The Hall–Kier alpha value is -2.08. The van der Waals surface area contributed by atoms with E-state index in [2.05, 4.69) is 15.8 Å². The van der Waals surface area contributed by atoms with Crippen molar-refractivity contribution in [3.05, 3.63) is 34.8 Å². The molecule has 0 radical (unpaired) electrons. The van der Waals surface area contributed by atoms with Gasteiger partial charge < -0.3 is 15.2 Å². The van der Waals surface area contributed by atoms with Crippen LogP contribution < -0.4 is 10.6 Å². The average molecular weight is 288 g/mol. The molecule has 112 valence electrons. The summed E-state index contributed by atoms with van der Waals surface area (Å²) in [6.45, 7) is 7.55. The van der Waals surface area contributed by atoms with Crippen LogP contribution in [0.15, 0.2) is 16.7 Å². The third kappa shape index (κ3) is 2.58. The van der Waals surface area contributed by atoms with Crippen LogP contribution in [0.2, 0.25) is 0 Å². The van der Waals surface area contributed by atoms with Crippen molar-refractivity contribution < 1.29 is 9.32 Å². The van der Waals surface area contributed by atoms with E-state index in [4.69, 9.17) is 4.52 Å². The predicted molar refractivity (Wildman–Crippen MR) is 78.8 cm³/mol. The van der Waals surface area contributed by atoms with Crippen LogP contribution in [-0.2, 0) is 0 Å².